The van der Waals surface area contributed by atoms with Crippen LogP contribution in [0, 0.1) is 5.92 Å². The number of nitrogens with zero attached hydrogens (tertiary/aromatic N) is 1. The maximum Gasteiger partial charge on any atom is 0.334 e. The summed E-state index contributed by atoms with van der Waals surface area (Å²) in [4.78, 5) is 41.7. The fourth-order valence-electron chi connectivity index (χ4n) is 3.48. The third-order valence-electron chi connectivity index (χ3n) is 5.63. The van der Waals surface area contributed by atoms with Crippen molar-refractivity contribution in [3.05, 3.63) is 66.5 Å². The van der Waals surface area contributed by atoms with Crippen molar-refractivity contribution in [3.63, 3.8) is 0 Å². The number of aromatic nitrogens is 1. The smallest absolute Gasteiger partial charge is 0.334 e. The molecule has 0 radical (unpaired) electrons. The molecule has 0 amide bonds. The van der Waals surface area contributed by atoms with Gasteiger partial charge < -0.3 is 28.4 Å². The van der Waals surface area contributed by atoms with E-state index in [1.807, 2.05) is 30.3 Å². The van der Waals surface area contributed by atoms with Gasteiger partial charge in [0.2, 0.25) is 6.79 Å². The summed E-state index contributed by atoms with van der Waals surface area (Å²) in [5.41, 5.74) is 0.940. The summed E-state index contributed by atoms with van der Waals surface area (Å²) in [5, 5.41) is 0. The predicted molar refractivity (Wildman–Crippen MR) is 142 cm³/mol. The zero-order valence-corrected chi connectivity index (χ0v) is 22.9. The number of methoxy groups -OCH3 is 1. The van der Waals surface area contributed by atoms with Crippen LogP contribution in [-0.4, -0.2) is 62.0 Å². The maximum absolute atomic E-state index is 13.1. The molecule has 39 heavy (non-hydrogen) atoms. The zero-order chi connectivity index (χ0) is 28.6. The van der Waals surface area contributed by atoms with Crippen molar-refractivity contribution >= 4 is 17.7 Å². The van der Waals surface area contributed by atoms with Gasteiger partial charge >= 0.3 is 11.9 Å². The van der Waals surface area contributed by atoms with Crippen LogP contribution in [0.25, 0.3) is 0 Å². The number of rotatable bonds is 18. The Kier molecular flexibility index (Phi) is 13.7. The van der Waals surface area contributed by atoms with Gasteiger partial charge in [0, 0.05) is 25.3 Å². The van der Waals surface area contributed by atoms with E-state index >= 15 is 0 Å². The lowest BCUT2D eigenvalue weighted by atomic mass is 10.0. The molecule has 0 aliphatic carbocycles. The van der Waals surface area contributed by atoms with Crippen molar-refractivity contribution < 1.29 is 42.8 Å². The average Bonchev–Trinajstić information content (AvgIpc) is 2.94. The van der Waals surface area contributed by atoms with Crippen molar-refractivity contribution in [1.82, 2.24) is 4.98 Å². The highest BCUT2D eigenvalue weighted by Gasteiger charge is 2.28. The molecule has 212 valence electrons. The third-order valence-corrected chi connectivity index (χ3v) is 5.63. The van der Waals surface area contributed by atoms with Crippen LogP contribution in [0.15, 0.2) is 55.3 Å². The number of hydrogen-bond donors (Lipinski definition) is 0. The van der Waals surface area contributed by atoms with Crippen LogP contribution in [0.2, 0.25) is 0 Å². The van der Waals surface area contributed by atoms with E-state index in [0.29, 0.717) is 19.6 Å². The fraction of sp³-hybridized carbons (Fsp3) is 0.448. The molecule has 0 fully saturated rings. The lowest BCUT2D eigenvalue weighted by molar-refractivity contribution is -0.161. The topological polar surface area (TPSA) is 119 Å². The second-order valence-corrected chi connectivity index (χ2v) is 8.64. The summed E-state index contributed by atoms with van der Waals surface area (Å²) in [7, 11) is 1.40. The highest BCUT2D eigenvalue weighted by Crippen LogP contribution is 2.31. The number of carbonyl (C=O) groups is 3. The average molecular weight is 544 g/mol. The van der Waals surface area contributed by atoms with Gasteiger partial charge in [-0.1, -0.05) is 43.3 Å². The van der Waals surface area contributed by atoms with Crippen molar-refractivity contribution in [2.45, 2.75) is 52.4 Å². The van der Waals surface area contributed by atoms with Crippen molar-refractivity contribution in [1.29, 1.82) is 0 Å². The number of carbonyl (C=O) groups excluding carboxylic acids is 3. The Morgan fingerprint density at radius 1 is 1.10 bits per heavy atom. The number of benzene rings is 1. The molecule has 1 heterocycles. The van der Waals surface area contributed by atoms with Crippen LogP contribution in [-0.2, 0) is 35.1 Å². The van der Waals surface area contributed by atoms with Gasteiger partial charge in [-0.15, -0.1) is 6.58 Å². The van der Waals surface area contributed by atoms with Gasteiger partial charge in [-0.3, -0.25) is 9.59 Å². The van der Waals surface area contributed by atoms with Crippen molar-refractivity contribution in [3.8, 4) is 11.5 Å². The van der Waals surface area contributed by atoms with Gasteiger partial charge in [-0.25, -0.2) is 9.78 Å². The molecular formula is C29H37NO9. The molecule has 10 nitrogen and oxygen atoms in total. The summed E-state index contributed by atoms with van der Waals surface area (Å²) >= 11 is 0. The number of Topliss-reactive ketones (excluding diaryl/α,β-unsaturated/α-hetero) is 1. The maximum atomic E-state index is 13.1. The molecule has 0 unspecified atom stereocenters. The Morgan fingerprint density at radius 2 is 1.85 bits per heavy atom. The summed E-state index contributed by atoms with van der Waals surface area (Å²) in [6.45, 7) is 8.87. The molecule has 0 saturated carbocycles. The van der Waals surface area contributed by atoms with E-state index in [4.69, 9.17) is 28.4 Å². The van der Waals surface area contributed by atoms with Gasteiger partial charge in [-0.2, -0.15) is 0 Å². The molecule has 3 atom stereocenters. The quantitative estimate of drug-likeness (QED) is 0.116. The zero-order valence-electron chi connectivity index (χ0n) is 22.9. The molecule has 0 saturated heterocycles. The number of ketones is 1. The van der Waals surface area contributed by atoms with Crippen LogP contribution >= 0.6 is 0 Å². The van der Waals surface area contributed by atoms with Gasteiger partial charge in [0.05, 0.1) is 25.7 Å². The number of esters is 2. The minimum absolute atomic E-state index is 0.00324. The van der Waals surface area contributed by atoms with Crippen molar-refractivity contribution in [2.75, 3.05) is 27.1 Å². The van der Waals surface area contributed by atoms with Gasteiger partial charge in [-0.05, 0) is 25.8 Å². The minimum Gasteiger partial charge on any atom is -0.493 e. The standard InChI is InChI=1S/C29H37NO9/c1-6-11-24(36-17-22-12-9-8-10-13-22)21(4)39-29(33)20(3)16-23(31)27-28(25(34-5)14-15-30-27)38-19-37-26(32)18-35-7-2/h6,8-10,12-15,20-21,24H,1,7,11,16-19H2,2-5H3/t20-,21+,24-/m1/s1. The van der Waals surface area contributed by atoms with E-state index in [1.54, 1.807) is 26.8 Å². The summed E-state index contributed by atoms with van der Waals surface area (Å²) in [6.07, 6.45) is 2.41. The third kappa shape index (κ3) is 10.5. The molecular weight excluding hydrogens is 506 g/mol. The Hall–Kier alpha value is -3.76. The Labute approximate surface area is 229 Å². The first-order chi connectivity index (χ1) is 18.8. The van der Waals surface area contributed by atoms with Gasteiger partial charge in [0.15, 0.2) is 23.0 Å². The Morgan fingerprint density at radius 3 is 2.51 bits per heavy atom. The summed E-state index contributed by atoms with van der Waals surface area (Å²) in [5.74, 6) is -2.19. The SMILES string of the molecule is C=CC[C@@H](OCc1ccccc1)[C@H](C)OC(=O)[C@H](C)CC(=O)c1nccc(OC)c1OCOC(=O)COCC. The van der Waals surface area contributed by atoms with E-state index in [2.05, 4.69) is 11.6 Å². The monoisotopic (exact) mass is 543 g/mol. The highest BCUT2D eigenvalue weighted by molar-refractivity contribution is 5.99. The number of pyridine rings is 1. The lowest BCUT2D eigenvalue weighted by Crippen LogP contribution is -2.33. The molecule has 10 heteroatoms. The van der Waals surface area contributed by atoms with E-state index in [0.717, 1.165) is 5.56 Å². The van der Waals surface area contributed by atoms with E-state index in [1.165, 1.54) is 19.4 Å². The molecule has 0 bridgehead atoms. The molecule has 0 N–H and O–H groups in total. The summed E-state index contributed by atoms with van der Waals surface area (Å²) in [6, 6.07) is 11.2. The van der Waals surface area contributed by atoms with Gasteiger partial charge in [0.25, 0.3) is 0 Å². The first kappa shape index (κ1) is 31.5. The first-order valence-electron chi connectivity index (χ1n) is 12.7. The van der Waals surface area contributed by atoms with Crippen LogP contribution in [0.3, 0.4) is 0 Å². The van der Waals surface area contributed by atoms with E-state index in [9.17, 15) is 14.4 Å². The second-order valence-electron chi connectivity index (χ2n) is 8.64. The highest BCUT2D eigenvalue weighted by atomic mass is 16.7. The summed E-state index contributed by atoms with van der Waals surface area (Å²) < 4.78 is 32.3. The second kappa shape index (κ2) is 17.0. The molecule has 1 aromatic carbocycles. The van der Waals surface area contributed by atoms with E-state index in [-0.39, 0.29) is 30.2 Å². The van der Waals surface area contributed by atoms with Crippen LogP contribution < -0.4 is 9.47 Å². The Balaban J connectivity index is 1.99. The lowest BCUT2D eigenvalue weighted by Gasteiger charge is -2.25. The van der Waals surface area contributed by atoms with Crippen molar-refractivity contribution in [2.24, 2.45) is 5.92 Å². The van der Waals surface area contributed by atoms with Crippen LogP contribution in [0.5, 0.6) is 11.5 Å². The molecule has 2 aromatic rings. The fourth-order valence-corrected chi connectivity index (χ4v) is 3.48. The van der Waals surface area contributed by atoms with Crippen LogP contribution in [0.4, 0.5) is 0 Å². The largest absolute Gasteiger partial charge is 0.493 e. The molecule has 0 aliphatic rings. The number of ether oxygens (including phenoxy) is 6. The van der Waals surface area contributed by atoms with Crippen LogP contribution in [0.1, 0.15) is 49.7 Å². The predicted octanol–water partition coefficient (Wildman–Crippen LogP) is 4.31. The van der Waals surface area contributed by atoms with Gasteiger partial charge in [0.1, 0.15) is 12.7 Å². The Bertz CT molecular complexity index is 1070. The molecule has 0 spiro atoms. The number of hydrogen-bond acceptors (Lipinski definition) is 10. The first-order valence-corrected chi connectivity index (χ1v) is 12.7. The molecule has 2 rings (SSSR count). The van der Waals surface area contributed by atoms with E-state index < -0.39 is 42.6 Å². The normalized spacial score (nSPS) is 13.0. The molecule has 0 aliphatic heterocycles. The molecule has 1 aromatic heterocycles. The minimum atomic E-state index is -0.775.